The summed E-state index contributed by atoms with van der Waals surface area (Å²) in [4.78, 5) is 0. The zero-order valence-electron chi connectivity index (χ0n) is 15.6. The minimum absolute atomic E-state index is 0.482. The zero-order valence-corrected chi connectivity index (χ0v) is 17.1. The van der Waals surface area contributed by atoms with Crippen molar-refractivity contribution in [1.29, 1.82) is 10.5 Å². The Bertz CT molecular complexity index is 996. The molecule has 1 N–H and O–H groups in total. The molecule has 3 rings (SSSR count). The number of halogens is 1. The van der Waals surface area contributed by atoms with E-state index in [1.54, 1.807) is 17.8 Å². The SMILES string of the molecule is CCCCSC1=C(C#N)[C@H](c2ccccc2Cl)C(C#N)=C(c2ccccc2)N1. The summed E-state index contributed by atoms with van der Waals surface area (Å²) in [6.45, 7) is 2.14. The number of nitriles is 2. The van der Waals surface area contributed by atoms with Crippen LogP contribution in [0, 0.1) is 22.7 Å². The average molecular weight is 406 g/mol. The van der Waals surface area contributed by atoms with Gasteiger partial charge in [0, 0.05) is 5.02 Å². The van der Waals surface area contributed by atoms with Gasteiger partial charge in [-0.15, -0.1) is 11.8 Å². The molecule has 0 aromatic heterocycles. The number of benzene rings is 2. The Kier molecular flexibility index (Phi) is 6.82. The molecule has 0 spiro atoms. The highest BCUT2D eigenvalue weighted by Gasteiger charge is 2.33. The number of dihydropyridines is 1. The fourth-order valence-electron chi connectivity index (χ4n) is 3.19. The van der Waals surface area contributed by atoms with Crippen molar-refractivity contribution in [3.63, 3.8) is 0 Å². The van der Waals surface area contributed by atoms with Crippen molar-refractivity contribution < 1.29 is 0 Å². The van der Waals surface area contributed by atoms with Gasteiger partial charge in [0.15, 0.2) is 0 Å². The third-order valence-electron chi connectivity index (χ3n) is 4.59. The third-order valence-corrected chi connectivity index (χ3v) is 6.04. The van der Waals surface area contributed by atoms with E-state index in [2.05, 4.69) is 24.4 Å². The standard InChI is InChI=1S/C23H20ClN3S/c1-2-3-13-28-23-19(15-26)21(17-11-7-8-12-20(17)24)18(14-25)22(27-23)16-9-5-4-6-10-16/h4-12,21,27H,2-3,13H2,1H3/t21-/m1/s1. The molecule has 0 saturated heterocycles. The molecular formula is C23H20ClN3S. The number of thioether (sulfide) groups is 1. The summed E-state index contributed by atoms with van der Waals surface area (Å²) in [5.74, 6) is 0.424. The quantitative estimate of drug-likeness (QED) is 0.578. The summed E-state index contributed by atoms with van der Waals surface area (Å²) < 4.78 is 0. The number of nitrogens with one attached hydrogen (secondary N) is 1. The molecule has 1 heterocycles. The zero-order chi connectivity index (χ0) is 19.9. The Labute approximate surface area is 175 Å². The lowest BCUT2D eigenvalue weighted by Crippen LogP contribution is -2.24. The highest BCUT2D eigenvalue weighted by atomic mass is 35.5. The Balaban J connectivity index is 2.20. The Morgan fingerprint density at radius 1 is 1.00 bits per heavy atom. The summed E-state index contributed by atoms with van der Waals surface area (Å²) in [5.41, 5.74) is 3.50. The summed E-state index contributed by atoms with van der Waals surface area (Å²) in [5, 5.41) is 24.7. The fourth-order valence-corrected chi connectivity index (χ4v) is 4.56. The molecule has 0 saturated carbocycles. The van der Waals surface area contributed by atoms with Crippen LogP contribution in [-0.4, -0.2) is 5.75 Å². The van der Waals surface area contributed by atoms with Crippen molar-refractivity contribution in [1.82, 2.24) is 5.32 Å². The summed E-state index contributed by atoms with van der Waals surface area (Å²) >= 11 is 8.11. The second-order valence-corrected chi connectivity index (χ2v) is 7.92. The average Bonchev–Trinajstić information content (AvgIpc) is 2.74. The third kappa shape index (κ3) is 4.09. The van der Waals surface area contributed by atoms with Gasteiger partial charge in [0.2, 0.25) is 0 Å². The van der Waals surface area contributed by atoms with E-state index in [9.17, 15) is 10.5 Å². The largest absolute Gasteiger partial charge is 0.348 e. The molecular weight excluding hydrogens is 386 g/mol. The highest BCUT2D eigenvalue weighted by Crippen LogP contribution is 2.44. The maximum absolute atomic E-state index is 10.0. The van der Waals surface area contributed by atoms with Crippen LogP contribution < -0.4 is 5.32 Å². The second-order valence-electron chi connectivity index (χ2n) is 6.40. The van der Waals surface area contributed by atoms with Gasteiger partial charge < -0.3 is 5.32 Å². The highest BCUT2D eigenvalue weighted by molar-refractivity contribution is 8.03. The van der Waals surface area contributed by atoms with Gasteiger partial charge in [-0.2, -0.15) is 10.5 Å². The first-order valence-electron chi connectivity index (χ1n) is 9.19. The number of hydrogen-bond acceptors (Lipinski definition) is 4. The predicted molar refractivity (Wildman–Crippen MR) is 116 cm³/mol. The molecule has 0 aliphatic carbocycles. The molecule has 28 heavy (non-hydrogen) atoms. The number of unbranched alkanes of at least 4 members (excludes halogenated alkanes) is 1. The van der Waals surface area contributed by atoms with Crippen molar-refractivity contribution in [3.05, 3.63) is 86.9 Å². The van der Waals surface area contributed by atoms with Crippen LogP contribution in [0.2, 0.25) is 5.02 Å². The number of rotatable bonds is 6. The fraction of sp³-hybridized carbons (Fsp3) is 0.217. The second kappa shape index (κ2) is 9.51. The lowest BCUT2D eigenvalue weighted by molar-refractivity contribution is 0.891. The molecule has 140 valence electrons. The maximum Gasteiger partial charge on any atom is 0.0985 e. The van der Waals surface area contributed by atoms with E-state index >= 15 is 0 Å². The van der Waals surface area contributed by atoms with Crippen LogP contribution in [0.15, 0.2) is 70.8 Å². The molecule has 0 unspecified atom stereocenters. The predicted octanol–water partition coefficient (Wildman–Crippen LogP) is 6.23. The smallest absolute Gasteiger partial charge is 0.0985 e. The lowest BCUT2D eigenvalue weighted by atomic mass is 9.82. The van der Waals surface area contributed by atoms with E-state index in [1.807, 2.05) is 48.5 Å². The van der Waals surface area contributed by atoms with Crippen LogP contribution in [0.1, 0.15) is 36.8 Å². The van der Waals surface area contributed by atoms with E-state index in [4.69, 9.17) is 11.6 Å². The van der Waals surface area contributed by atoms with Crippen molar-refractivity contribution in [3.8, 4) is 12.1 Å². The summed E-state index contributed by atoms with van der Waals surface area (Å²) in [7, 11) is 0. The first-order valence-corrected chi connectivity index (χ1v) is 10.6. The van der Waals surface area contributed by atoms with Crippen LogP contribution in [0.25, 0.3) is 5.70 Å². The van der Waals surface area contributed by atoms with Crippen molar-refractivity contribution in [2.45, 2.75) is 25.7 Å². The minimum Gasteiger partial charge on any atom is -0.348 e. The molecule has 1 aliphatic rings. The van der Waals surface area contributed by atoms with Crippen molar-refractivity contribution in [2.75, 3.05) is 5.75 Å². The molecule has 3 nitrogen and oxygen atoms in total. The maximum atomic E-state index is 10.0. The topological polar surface area (TPSA) is 59.6 Å². The molecule has 0 bridgehead atoms. The normalized spacial score (nSPS) is 16.4. The Morgan fingerprint density at radius 2 is 1.68 bits per heavy atom. The molecule has 2 aromatic rings. The Morgan fingerprint density at radius 3 is 2.32 bits per heavy atom. The van der Waals surface area contributed by atoms with Crippen molar-refractivity contribution >= 4 is 29.1 Å². The van der Waals surface area contributed by atoms with Crippen LogP contribution >= 0.6 is 23.4 Å². The molecule has 5 heteroatoms. The van der Waals surface area contributed by atoms with E-state index in [-0.39, 0.29) is 0 Å². The monoisotopic (exact) mass is 405 g/mol. The molecule has 1 atom stereocenters. The minimum atomic E-state index is -0.482. The lowest BCUT2D eigenvalue weighted by Gasteiger charge is -2.29. The van der Waals surface area contributed by atoms with Gasteiger partial charge in [0.05, 0.1) is 39.9 Å². The Hall–Kier alpha value is -2.66. The van der Waals surface area contributed by atoms with E-state index in [0.29, 0.717) is 16.2 Å². The first kappa shape index (κ1) is 20.1. The van der Waals surface area contributed by atoms with Gasteiger partial charge in [0.25, 0.3) is 0 Å². The van der Waals surface area contributed by atoms with Crippen molar-refractivity contribution in [2.24, 2.45) is 0 Å². The van der Waals surface area contributed by atoms with E-state index in [1.165, 1.54) is 0 Å². The van der Waals surface area contributed by atoms with Crippen LogP contribution in [0.4, 0.5) is 0 Å². The van der Waals surface area contributed by atoms with Crippen LogP contribution in [0.3, 0.4) is 0 Å². The molecule has 0 fully saturated rings. The van der Waals surface area contributed by atoms with Gasteiger partial charge in [-0.25, -0.2) is 0 Å². The molecule has 2 aromatic carbocycles. The molecule has 0 amide bonds. The summed E-state index contributed by atoms with van der Waals surface area (Å²) in [6.07, 6.45) is 2.14. The van der Waals surface area contributed by atoms with Gasteiger partial charge in [0.1, 0.15) is 0 Å². The van der Waals surface area contributed by atoms with Gasteiger partial charge >= 0.3 is 0 Å². The van der Waals surface area contributed by atoms with E-state index < -0.39 is 5.92 Å². The first-order chi connectivity index (χ1) is 13.7. The van der Waals surface area contributed by atoms with Gasteiger partial charge in [-0.05, 0) is 29.4 Å². The van der Waals surface area contributed by atoms with Gasteiger partial charge in [-0.1, -0.05) is 73.5 Å². The van der Waals surface area contributed by atoms with Crippen LogP contribution in [-0.2, 0) is 0 Å². The van der Waals surface area contributed by atoms with Gasteiger partial charge in [-0.3, -0.25) is 0 Å². The molecule has 1 aliphatic heterocycles. The molecule has 0 radical (unpaired) electrons. The number of nitrogens with zero attached hydrogens (tertiary/aromatic N) is 2. The van der Waals surface area contributed by atoms with Crippen LogP contribution in [0.5, 0.6) is 0 Å². The number of allylic oxidation sites excluding steroid dienone is 2. The number of hydrogen-bond donors (Lipinski definition) is 1. The van der Waals surface area contributed by atoms with E-state index in [0.717, 1.165) is 40.4 Å². The summed E-state index contributed by atoms with van der Waals surface area (Å²) in [6, 6.07) is 21.9.